The molecule has 2 atom stereocenters. The molecule has 0 aromatic rings. The van der Waals surface area contributed by atoms with Gasteiger partial charge in [0.2, 0.25) is 5.91 Å². The summed E-state index contributed by atoms with van der Waals surface area (Å²) in [6, 6.07) is 0. The molecule has 148 valence electrons. The topological polar surface area (TPSA) is 60.8 Å². The van der Waals surface area contributed by atoms with Gasteiger partial charge in [-0.2, -0.15) is 0 Å². The first kappa shape index (κ1) is 22.7. The lowest BCUT2D eigenvalue weighted by Gasteiger charge is -2.25. The fraction of sp³-hybridized carbons (Fsp3) is 0.682. The van der Waals surface area contributed by atoms with E-state index in [0.29, 0.717) is 6.42 Å². The zero-order valence-electron chi connectivity index (χ0n) is 16.6. The van der Waals surface area contributed by atoms with Crippen LogP contribution in [0.3, 0.4) is 0 Å². The Bertz CT molecular complexity index is 482. The Morgan fingerprint density at radius 1 is 1.12 bits per heavy atom. The molecule has 0 saturated carbocycles. The lowest BCUT2D eigenvalue weighted by atomic mass is 9.87. The second-order valence-corrected chi connectivity index (χ2v) is 7.44. The van der Waals surface area contributed by atoms with Crippen molar-refractivity contribution in [2.45, 2.75) is 69.8 Å². The van der Waals surface area contributed by atoms with E-state index in [2.05, 4.69) is 24.3 Å². The molecule has 0 aliphatic heterocycles. The predicted molar refractivity (Wildman–Crippen MR) is 108 cm³/mol. The van der Waals surface area contributed by atoms with E-state index >= 15 is 0 Å². The van der Waals surface area contributed by atoms with E-state index in [0.717, 1.165) is 57.8 Å². The summed E-state index contributed by atoms with van der Waals surface area (Å²) in [5.41, 5.74) is -0.823. The summed E-state index contributed by atoms with van der Waals surface area (Å²) in [7, 11) is 3.57. The normalized spacial score (nSPS) is 22.7. The number of allylic oxidation sites excluding steroid dienone is 4. The van der Waals surface area contributed by atoms with Gasteiger partial charge in [-0.25, -0.2) is 0 Å². The van der Waals surface area contributed by atoms with Gasteiger partial charge >= 0.3 is 0 Å². The number of rotatable bonds is 13. The van der Waals surface area contributed by atoms with E-state index in [1.807, 2.05) is 12.2 Å². The van der Waals surface area contributed by atoms with Crippen LogP contribution in [0.15, 0.2) is 36.5 Å². The van der Waals surface area contributed by atoms with Crippen LogP contribution in [0.25, 0.3) is 0 Å². The smallest absolute Gasteiger partial charge is 0.222 e. The molecule has 0 radical (unpaired) electrons. The minimum Gasteiger partial charge on any atom is -0.396 e. The quantitative estimate of drug-likeness (QED) is 0.384. The molecule has 0 aromatic carbocycles. The van der Waals surface area contributed by atoms with Gasteiger partial charge < -0.3 is 15.1 Å². The van der Waals surface area contributed by atoms with Crippen LogP contribution in [-0.4, -0.2) is 47.3 Å². The SMILES string of the molecule is CN(C)C(=O)CCCC=CC[C@@H]1CC=C[C@@]1(O)C=CCCCCCCO. The summed E-state index contributed by atoms with van der Waals surface area (Å²) < 4.78 is 0. The molecule has 4 nitrogen and oxygen atoms in total. The average molecular weight is 364 g/mol. The van der Waals surface area contributed by atoms with Crippen LogP contribution in [0.2, 0.25) is 0 Å². The largest absolute Gasteiger partial charge is 0.396 e. The summed E-state index contributed by atoms with van der Waals surface area (Å²) in [4.78, 5) is 13.1. The molecule has 1 amide bonds. The Labute approximate surface area is 159 Å². The standard InChI is InChI=1S/C22H37NO3/c1-23(2)21(25)16-10-6-5-9-14-20-15-13-18-22(20,26)17-11-7-3-4-8-12-19-24/h5,9,11,13,17-18,20,24,26H,3-4,6-8,10,12,14-16,19H2,1-2H3/t20-,22+/m1/s1. The van der Waals surface area contributed by atoms with Crippen LogP contribution in [-0.2, 0) is 4.79 Å². The number of carbonyl (C=O) groups is 1. The van der Waals surface area contributed by atoms with Crippen molar-refractivity contribution >= 4 is 5.91 Å². The van der Waals surface area contributed by atoms with E-state index in [4.69, 9.17) is 5.11 Å². The van der Waals surface area contributed by atoms with Crippen LogP contribution in [0.4, 0.5) is 0 Å². The third-order valence-corrected chi connectivity index (χ3v) is 4.97. The average Bonchev–Trinajstić information content (AvgIpc) is 2.97. The number of amides is 1. The fourth-order valence-corrected chi connectivity index (χ4v) is 3.20. The maximum atomic E-state index is 11.5. The molecule has 2 N–H and O–H groups in total. The summed E-state index contributed by atoms with van der Waals surface area (Å²) >= 11 is 0. The molecule has 0 bridgehead atoms. The highest BCUT2D eigenvalue weighted by molar-refractivity contribution is 5.75. The van der Waals surface area contributed by atoms with Crippen molar-refractivity contribution in [3.8, 4) is 0 Å². The van der Waals surface area contributed by atoms with Gasteiger partial charge in [-0.15, -0.1) is 0 Å². The number of carbonyl (C=O) groups excluding carboxylic acids is 1. The molecule has 0 heterocycles. The zero-order chi connectivity index (χ0) is 19.3. The lowest BCUT2D eigenvalue weighted by molar-refractivity contribution is -0.128. The van der Waals surface area contributed by atoms with Gasteiger partial charge in [-0.05, 0) is 44.9 Å². The minimum absolute atomic E-state index is 0.175. The van der Waals surface area contributed by atoms with Gasteiger partial charge in [0.15, 0.2) is 0 Å². The maximum absolute atomic E-state index is 11.5. The Morgan fingerprint density at radius 3 is 2.58 bits per heavy atom. The molecular formula is C22H37NO3. The van der Waals surface area contributed by atoms with Crippen molar-refractivity contribution in [2.75, 3.05) is 20.7 Å². The monoisotopic (exact) mass is 363 g/mol. The molecule has 1 aliphatic rings. The number of aliphatic hydroxyl groups is 2. The van der Waals surface area contributed by atoms with Gasteiger partial charge in [-0.1, -0.05) is 49.3 Å². The van der Waals surface area contributed by atoms with E-state index in [-0.39, 0.29) is 18.4 Å². The van der Waals surface area contributed by atoms with Crippen molar-refractivity contribution in [3.63, 3.8) is 0 Å². The number of aliphatic hydroxyl groups excluding tert-OH is 1. The van der Waals surface area contributed by atoms with E-state index in [1.165, 1.54) is 0 Å². The lowest BCUT2D eigenvalue weighted by Crippen LogP contribution is -2.29. The molecular weight excluding hydrogens is 326 g/mol. The van der Waals surface area contributed by atoms with Crippen molar-refractivity contribution < 1.29 is 15.0 Å². The Hall–Kier alpha value is -1.39. The maximum Gasteiger partial charge on any atom is 0.222 e. The minimum atomic E-state index is -0.823. The van der Waals surface area contributed by atoms with Crippen LogP contribution >= 0.6 is 0 Å². The van der Waals surface area contributed by atoms with Crippen molar-refractivity contribution in [2.24, 2.45) is 5.92 Å². The van der Waals surface area contributed by atoms with Gasteiger partial charge in [0, 0.05) is 33.0 Å². The summed E-state index contributed by atoms with van der Waals surface area (Å²) in [6.07, 6.45) is 21.6. The van der Waals surface area contributed by atoms with Gasteiger partial charge in [-0.3, -0.25) is 4.79 Å². The Kier molecular flexibility index (Phi) is 11.2. The van der Waals surface area contributed by atoms with Crippen LogP contribution in [0, 0.1) is 5.92 Å². The molecule has 0 fully saturated rings. The first-order chi connectivity index (χ1) is 12.5. The molecule has 0 saturated heterocycles. The third-order valence-electron chi connectivity index (χ3n) is 4.97. The zero-order valence-corrected chi connectivity index (χ0v) is 16.6. The molecule has 0 unspecified atom stereocenters. The number of hydrogen-bond acceptors (Lipinski definition) is 3. The highest BCUT2D eigenvalue weighted by atomic mass is 16.3. The van der Waals surface area contributed by atoms with Gasteiger partial charge in [0.05, 0.1) is 0 Å². The van der Waals surface area contributed by atoms with Crippen LogP contribution in [0.1, 0.15) is 64.2 Å². The second kappa shape index (κ2) is 12.9. The highest BCUT2D eigenvalue weighted by Gasteiger charge is 2.33. The van der Waals surface area contributed by atoms with Crippen LogP contribution < -0.4 is 0 Å². The van der Waals surface area contributed by atoms with Crippen LogP contribution in [0.5, 0.6) is 0 Å². The van der Waals surface area contributed by atoms with Crippen molar-refractivity contribution in [1.82, 2.24) is 4.90 Å². The molecule has 0 aromatic heterocycles. The predicted octanol–water partition coefficient (Wildman–Crippen LogP) is 4.00. The number of hydrogen-bond donors (Lipinski definition) is 2. The Morgan fingerprint density at radius 2 is 1.85 bits per heavy atom. The van der Waals surface area contributed by atoms with E-state index < -0.39 is 5.60 Å². The van der Waals surface area contributed by atoms with Crippen molar-refractivity contribution in [1.29, 1.82) is 0 Å². The first-order valence-corrected chi connectivity index (χ1v) is 10.0. The molecule has 1 aliphatic carbocycles. The van der Waals surface area contributed by atoms with E-state index in [9.17, 15) is 9.90 Å². The first-order valence-electron chi connectivity index (χ1n) is 10.0. The molecule has 0 spiro atoms. The van der Waals surface area contributed by atoms with E-state index in [1.54, 1.807) is 19.0 Å². The Balaban J connectivity index is 2.26. The fourth-order valence-electron chi connectivity index (χ4n) is 3.20. The summed E-state index contributed by atoms with van der Waals surface area (Å²) in [5.74, 6) is 0.377. The number of nitrogens with zero attached hydrogens (tertiary/aromatic N) is 1. The molecule has 4 heteroatoms. The summed E-state index contributed by atoms with van der Waals surface area (Å²) in [5, 5.41) is 19.6. The highest BCUT2D eigenvalue weighted by Crippen LogP contribution is 2.34. The number of unbranched alkanes of at least 4 members (excludes halogenated alkanes) is 5. The molecule has 1 rings (SSSR count). The van der Waals surface area contributed by atoms with Gasteiger partial charge in [0.1, 0.15) is 5.60 Å². The molecule has 26 heavy (non-hydrogen) atoms. The van der Waals surface area contributed by atoms with Crippen molar-refractivity contribution in [3.05, 3.63) is 36.5 Å². The third kappa shape index (κ3) is 8.81. The second-order valence-electron chi connectivity index (χ2n) is 7.44. The summed E-state index contributed by atoms with van der Waals surface area (Å²) in [6.45, 7) is 0.279. The van der Waals surface area contributed by atoms with Gasteiger partial charge in [0.25, 0.3) is 0 Å².